The van der Waals surface area contributed by atoms with Crippen molar-refractivity contribution in [3.63, 3.8) is 0 Å². The van der Waals surface area contributed by atoms with E-state index in [0.29, 0.717) is 24.7 Å². The number of ether oxygens (including phenoxy) is 2. The highest BCUT2D eigenvalue weighted by atomic mass is 16.5. The van der Waals surface area contributed by atoms with Crippen molar-refractivity contribution in [3.05, 3.63) is 23.8 Å². The molecule has 0 aliphatic rings. The fourth-order valence-electron chi connectivity index (χ4n) is 1.99. The van der Waals surface area contributed by atoms with Crippen molar-refractivity contribution < 1.29 is 19.1 Å². The van der Waals surface area contributed by atoms with Gasteiger partial charge in [0.25, 0.3) is 0 Å². The summed E-state index contributed by atoms with van der Waals surface area (Å²) in [6.45, 7) is 4.75. The minimum Gasteiger partial charge on any atom is -0.493 e. The maximum Gasteiger partial charge on any atom is 0.321 e. The van der Waals surface area contributed by atoms with Crippen molar-refractivity contribution in [1.29, 1.82) is 0 Å². The number of nitrogens with one attached hydrogen (secondary N) is 2. The van der Waals surface area contributed by atoms with Gasteiger partial charge in [-0.25, -0.2) is 4.79 Å². The second-order valence-corrected chi connectivity index (χ2v) is 5.08. The summed E-state index contributed by atoms with van der Waals surface area (Å²) in [5, 5.41) is 4.62. The predicted octanol–water partition coefficient (Wildman–Crippen LogP) is 1.37. The van der Waals surface area contributed by atoms with Crippen molar-refractivity contribution >= 4 is 11.9 Å². The highest BCUT2D eigenvalue weighted by Gasteiger charge is 2.20. The number of carbonyl (C=O) groups excluding carboxylic acids is 2. The molecule has 1 atom stereocenters. The largest absolute Gasteiger partial charge is 0.493 e. The quantitative estimate of drug-likeness (QED) is 0.792. The first-order valence-corrected chi connectivity index (χ1v) is 7.45. The molecule has 1 aromatic carbocycles. The zero-order chi connectivity index (χ0) is 17.4. The van der Waals surface area contributed by atoms with Crippen LogP contribution in [0.25, 0.3) is 0 Å². The van der Waals surface area contributed by atoms with Crippen LogP contribution in [0.5, 0.6) is 11.5 Å². The number of urea groups is 1. The van der Waals surface area contributed by atoms with E-state index in [2.05, 4.69) is 10.6 Å². The van der Waals surface area contributed by atoms with Crippen LogP contribution in [0.3, 0.4) is 0 Å². The highest BCUT2D eigenvalue weighted by molar-refractivity contribution is 5.96. The normalized spacial score (nSPS) is 11.7. The van der Waals surface area contributed by atoms with Gasteiger partial charge in [0, 0.05) is 13.6 Å². The molecule has 0 bridgehead atoms. The van der Waals surface area contributed by atoms with Gasteiger partial charge in [0.1, 0.15) is 0 Å². The van der Waals surface area contributed by atoms with Gasteiger partial charge in [-0.3, -0.25) is 15.0 Å². The second-order valence-electron chi connectivity index (χ2n) is 5.08. The third-order valence-electron chi connectivity index (χ3n) is 3.46. The minimum atomic E-state index is -0.516. The average Bonchev–Trinajstić information content (AvgIpc) is 2.55. The Morgan fingerprint density at radius 1 is 1.30 bits per heavy atom. The number of methoxy groups -OCH3 is 1. The molecule has 0 aromatic heterocycles. The SMILES string of the molecule is CCOc1ccc(CN(C)[C@@H](C)C(=O)NC(=O)NC)cc1OC. The number of imide groups is 1. The van der Waals surface area contributed by atoms with E-state index in [1.54, 1.807) is 14.0 Å². The Morgan fingerprint density at radius 2 is 2.00 bits per heavy atom. The molecule has 0 saturated carbocycles. The molecule has 7 heteroatoms. The van der Waals surface area contributed by atoms with Crippen molar-refractivity contribution in [3.8, 4) is 11.5 Å². The van der Waals surface area contributed by atoms with Crippen LogP contribution in [0.15, 0.2) is 18.2 Å². The van der Waals surface area contributed by atoms with Gasteiger partial charge in [0.05, 0.1) is 19.8 Å². The lowest BCUT2D eigenvalue weighted by Crippen LogP contribution is -2.47. The Labute approximate surface area is 136 Å². The van der Waals surface area contributed by atoms with E-state index in [-0.39, 0.29) is 5.91 Å². The van der Waals surface area contributed by atoms with Crippen molar-refractivity contribution in [2.75, 3.05) is 27.8 Å². The molecule has 3 amide bonds. The van der Waals surface area contributed by atoms with Crippen molar-refractivity contribution in [1.82, 2.24) is 15.5 Å². The van der Waals surface area contributed by atoms with Crippen molar-refractivity contribution in [2.45, 2.75) is 26.4 Å². The molecule has 2 N–H and O–H groups in total. The zero-order valence-corrected chi connectivity index (χ0v) is 14.3. The van der Waals surface area contributed by atoms with E-state index in [0.717, 1.165) is 5.56 Å². The Hall–Kier alpha value is -2.28. The van der Waals surface area contributed by atoms with Crippen molar-refractivity contribution in [2.24, 2.45) is 0 Å². The molecule has 1 rings (SSSR count). The van der Waals surface area contributed by atoms with Crippen LogP contribution >= 0.6 is 0 Å². The Morgan fingerprint density at radius 3 is 2.57 bits per heavy atom. The van der Waals surface area contributed by atoms with Crippen LogP contribution in [0.2, 0.25) is 0 Å². The molecule has 0 saturated heterocycles. The van der Waals surface area contributed by atoms with E-state index in [4.69, 9.17) is 9.47 Å². The number of rotatable bonds is 7. The summed E-state index contributed by atoms with van der Waals surface area (Å²) in [6, 6.07) is 4.68. The van der Waals surface area contributed by atoms with Crippen LogP contribution in [-0.2, 0) is 11.3 Å². The summed E-state index contributed by atoms with van der Waals surface area (Å²) in [5.41, 5.74) is 0.979. The number of likely N-dealkylation sites (N-methyl/N-ethyl adjacent to an activating group) is 1. The summed E-state index contributed by atoms with van der Waals surface area (Å²) in [7, 11) is 4.87. The number of nitrogens with zero attached hydrogens (tertiary/aromatic N) is 1. The summed E-state index contributed by atoms with van der Waals surface area (Å²) >= 11 is 0. The monoisotopic (exact) mass is 323 g/mol. The lowest BCUT2D eigenvalue weighted by atomic mass is 10.1. The highest BCUT2D eigenvalue weighted by Crippen LogP contribution is 2.28. The van der Waals surface area contributed by atoms with Gasteiger partial charge >= 0.3 is 6.03 Å². The Balaban J connectivity index is 2.74. The fourth-order valence-corrected chi connectivity index (χ4v) is 1.99. The van der Waals surface area contributed by atoms with Crippen LogP contribution in [0.4, 0.5) is 4.79 Å². The number of hydrogen-bond acceptors (Lipinski definition) is 5. The van der Waals surface area contributed by atoms with Gasteiger partial charge in [0.2, 0.25) is 5.91 Å². The third-order valence-corrected chi connectivity index (χ3v) is 3.46. The summed E-state index contributed by atoms with van der Waals surface area (Å²) in [5.74, 6) is 0.983. The first kappa shape index (κ1) is 18.8. The number of carbonyl (C=O) groups is 2. The van der Waals surface area contributed by atoms with E-state index in [9.17, 15) is 9.59 Å². The van der Waals surface area contributed by atoms with Gasteiger partial charge < -0.3 is 14.8 Å². The molecule has 0 aliphatic heterocycles. The maximum atomic E-state index is 11.9. The average molecular weight is 323 g/mol. The smallest absolute Gasteiger partial charge is 0.321 e. The predicted molar refractivity (Wildman–Crippen MR) is 87.7 cm³/mol. The number of benzene rings is 1. The summed E-state index contributed by atoms with van der Waals surface area (Å²) in [6.07, 6.45) is 0. The molecule has 0 radical (unpaired) electrons. The third kappa shape index (κ3) is 5.45. The van der Waals surface area contributed by atoms with Gasteiger partial charge in [-0.2, -0.15) is 0 Å². The number of amides is 3. The van der Waals surface area contributed by atoms with E-state index in [1.165, 1.54) is 7.05 Å². The van der Waals surface area contributed by atoms with E-state index < -0.39 is 12.1 Å². The fraction of sp³-hybridized carbons (Fsp3) is 0.500. The lowest BCUT2D eigenvalue weighted by Gasteiger charge is -2.24. The van der Waals surface area contributed by atoms with E-state index >= 15 is 0 Å². The molecule has 128 valence electrons. The van der Waals surface area contributed by atoms with Gasteiger partial charge in [-0.15, -0.1) is 0 Å². The molecular formula is C16H25N3O4. The maximum absolute atomic E-state index is 11.9. The van der Waals surface area contributed by atoms with Crippen LogP contribution in [0.1, 0.15) is 19.4 Å². The molecular weight excluding hydrogens is 298 g/mol. The zero-order valence-electron chi connectivity index (χ0n) is 14.3. The molecule has 0 spiro atoms. The summed E-state index contributed by atoms with van der Waals surface area (Å²) < 4.78 is 10.8. The second kappa shape index (κ2) is 8.99. The molecule has 7 nitrogen and oxygen atoms in total. The van der Waals surface area contributed by atoms with Gasteiger partial charge in [-0.1, -0.05) is 6.07 Å². The number of hydrogen-bond donors (Lipinski definition) is 2. The Bertz CT molecular complexity index is 548. The first-order chi connectivity index (χ1) is 10.9. The topological polar surface area (TPSA) is 79.9 Å². The molecule has 0 fully saturated rings. The molecule has 1 aromatic rings. The van der Waals surface area contributed by atoms with Crippen LogP contribution < -0.4 is 20.1 Å². The van der Waals surface area contributed by atoms with Crippen LogP contribution in [0, 0.1) is 0 Å². The van der Waals surface area contributed by atoms with Gasteiger partial charge in [-0.05, 0) is 38.6 Å². The molecule has 0 aliphatic carbocycles. The summed E-state index contributed by atoms with van der Waals surface area (Å²) in [4.78, 5) is 25.0. The van der Waals surface area contributed by atoms with E-state index in [1.807, 2.05) is 37.1 Å². The van der Waals surface area contributed by atoms with Gasteiger partial charge in [0.15, 0.2) is 11.5 Å². The lowest BCUT2D eigenvalue weighted by molar-refractivity contribution is -0.124. The molecule has 0 unspecified atom stereocenters. The standard InChI is InChI=1S/C16H25N3O4/c1-6-23-13-8-7-12(9-14(13)22-5)10-19(4)11(2)15(20)18-16(21)17-3/h7-9,11H,6,10H2,1-5H3,(H2,17,18,20,21)/t11-/m0/s1. The first-order valence-electron chi connectivity index (χ1n) is 7.45. The minimum absolute atomic E-state index is 0.357. The molecule has 23 heavy (non-hydrogen) atoms. The Kier molecular flexibility index (Phi) is 7.34. The van der Waals surface area contributed by atoms with Crippen LogP contribution in [-0.4, -0.2) is 50.7 Å². The molecule has 0 heterocycles.